The number of nitrogens with one attached hydrogen (secondary N) is 2. The lowest BCUT2D eigenvalue weighted by Gasteiger charge is -2.15. The zero-order valence-electron chi connectivity index (χ0n) is 10.2. The molecule has 0 unspecified atom stereocenters. The SMILES string of the molecule is [B]NC(=O)C1(c2ccc(NS(C)(=O)=O)c(F)c2)CC1. The number of anilines is 1. The molecule has 0 heterocycles. The van der Waals surface area contributed by atoms with Crippen LogP contribution in [-0.2, 0) is 20.2 Å². The van der Waals surface area contributed by atoms with Gasteiger partial charge < -0.3 is 5.23 Å². The van der Waals surface area contributed by atoms with E-state index >= 15 is 0 Å². The zero-order valence-corrected chi connectivity index (χ0v) is 11.1. The summed E-state index contributed by atoms with van der Waals surface area (Å²) in [7, 11) is 1.56. The molecule has 0 spiro atoms. The summed E-state index contributed by atoms with van der Waals surface area (Å²) in [4.78, 5) is 11.7. The summed E-state index contributed by atoms with van der Waals surface area (Å²) in [5.74, 6) is -1.09. The van der Waals surface area contributed by atoms with Crippen molar-refractivity contribution in [1.29, 1.82) is 0 Å². The molecule has 8 heteroatoms. The molecule has 1 aliphatic rings. The highest BCUT2D eigenvalue weighted by Gasteiger charge is 2.50. The zero-order chi connectivity index (χ0) is 14.3. The Morgan fingerprint density at radius 3 is 2.47 bits per heavy atom. The Balaban J connectivity index is 2.32. The van der Waals surface area contributed by atoms with Gasteiger partial charge >= 0.3 is 0 Å². The summed E-state index contributed by atoms with van der Waals surface area (Å²) in [6.45, 7) is 0. The third kappa shape index (κ3) is 2.73. The van der Waals surface area contributed by atoms with Crippen LogP contribution in [0.25, 0.3) is 0 Å². The molecule has 0 aromatic heterocycles. The Morgan fingerprint density at radius 2 is 2.05 bits per heavy atom. The molecule has 1 saturated carbocycles. The van der Waals surface area contributed by atoms with Crippen molar-refractivity contribution in [2.24, 2.45) is 0 Å². The molecule has 0 atom stereocenters. The molecule has 2 radical (unpaired) electrons. The van der Waals surface area contributed by atoms with Crippen LogP contribution in [0.2, 0.25) is 0 Å². The summed E-state index contributed by atoms with van der Waals surface area (Å²) in [6.07, 6.45) is 2.12. The van der Waals surface area contributed by atoms with Gasteiger partial charge in [-0.1, -0.05) is 6.07 Å². The number of hydrogen-bond acceptors (Lipinski definition) is 3. The average Bonchev–Trinajstić information content (AvgIpc) is 3.10. The van der Waals surface area contributed by atoms with Crippen molar-refractivity contribution in [1.82, 2.24) is 5.23 Å². The predicted molar refractivity (Wildman–Crippen MR) is 69.7 cm³/mol. The number of amides is 1. The second kappa shape index (κ2) is 4.52. The van der Waals surface area contributed by atoms with Crippen molar-refractivity contribution in [3.05, 3.63) is 29.6 Å². The van der Waals surface area contributed by atoms with E-state index in [0.29, 0.717) is 18.4 Å². The smallest absolute Gasteiger partial charge is 0.229 e. The Labute approximate surface area is 112 Å². The molecule has 1 aromatic rings. The normalized spacial score (nSPS) is 16.7. The lowest BCUT2D eigenvalue weighted by Crippen LogP contribution is -2.32. The number of rotatable bonds is 4. The minimum atomic E-state index is -3.54. The molecule has 2 N–H and O–H groups in total. The molecule has 19 heavy (non-hydrogen) atoms. The van der Waals surface area contributed by atoms with E-state index in [1.54, 1.807) is 0 Å². The van der Waals surface area contributed by atoms with Crippen LogP contribution in [-0.4, -0.2) is 28.6 Å². The number of carbonyl (C=O) groups excluding carboxylic acids is 1. The van der Waals surface area contributed by atoms with Gasteiger partial charge in [0.25, 0.3) is 0 Å². The van der Waals surface area contributed by atoms with Crippen LogP contribution in [0.3, 0.4) is 0 Å². The Hall–Kier alpha value is -1.57. The van der Waals surface area contributed by atoms with Gasteiger partial charge in [-0.05, 0) is 30.5 Å². The van der Waals surface area contributed by atoms with Crippen LogP contribution in [0, 0.1) is 5.82 Å². The average molecular weight is 282 g/mol. The summed E-state index contributed by atoms with van der Waals surface area (Å²) in [5, 5.41) is 2.07. The quantitative estimate of drug-likeness (QED) is 0.786. The van der Waals surface area contributed by atoms with Gasteiger partial charge in [0.15, 0.2) is 0 Å². The van der Waals surface area contributed by atoms with Crippen LogP contribution in [0.5, 0.6) is 0 Å². The van der Waals surface area contributed by atoms with Gasteiger partial charge in [-0.15, -0.1) is 0 Å². The van der Waals surface area contributed by atoms with Crippen LogP contribution >= 0.6 is 0 Å². The third-order valence-electron chi connectivity index (χ3n) is 3.13. The highest BCUT2D eigenvalue weighted by molar-refractivity contribution is 7.92. The maximum atomic E-state index is 13.8. The minimum Gasteiger partial charge on any atom is -0.408 e. The molecule has 0 bridgehead atoms. The van der Waals surface area contributed by atoms with Gasteiger partial charge in [0.05, 0.1) is 17.4 Å². The van der Waals surface area contributed by atoms with E-state index in [0.717, 1.165) is 12.3 Å². The largest absolute Gasteiger partial charge is 0.408 e. The molecule has 1 aliphatic carbocycles. The molecule has 1 fully saturated rings. The molecule has 100 valence electrons. The van der Waals surface area contributed by atoms with Gasteiger partial charge in [0.2, 0.25) is 23.9 Å². The number of carbonyl (C=O) groups is 1. The van der Waals surface area contributed by atoms with E-state index in [9.17, 15) is 17.6 Å². The first kappa shape index (κ1) is 13.9. The molecular formula is C11H12BFN2O3S. The first-order valence-electron chi connectivity index (χ1n) is 5.57. The van der Waals surface area contributed by atoms with Crippen molar-refractivity contribution in [3.8, 4) is 0 Å². The first-order chi connectivity index (χ1) is 8.78. The van der Waals surface area contributed by atoms with E-state index < -0.39 is 21.3 Å². The fourth-order valence-electron chi connectivity index (χ4n) is 2.01. The molecule has 0 aliphatic heterocycles. The van der Waals surface area contributed by atoms with E-state index in [1.807, 2.05) is 0 Å². The molecule has 1 amide bonds. The lowest BCUT2D eigenvalue weighted by molar-refractivity contribution is -0.121. The van der Waals surface area contributed by atoms with Crippen molar-refractivity contribution in [3.63, 3.8) is 0 Å². The Kier molecular flexibility index (Phi) is 3.30. The maximum absolute atomic E-state index is 13.8. The summed E-state index contributed by atoms with van der Waals surface area (Å²) >= 11 is 0. The lowest BCUT2D eigenvalue weighted by atomic mass is 9.94. The second-order valence-electron chi connectivity index (χ2n) is 4.62. The van der Waals surface area contributed by atoms with Gasteiger partial charge in [0, 0.05) is 0 Å². The van der Waals surface area contributed by atoms with Gasteiger partial charge in [-0.2, -0.15) is 0 Å². The highest BCUT2D eigenvalue weighted by Crippen LogP contribution is 2.48. The number of hydrogen-bond donors (Lipinski definition) is 2. The summed E-state index contributed by atoms with van der Waals surface area (Å²) in [5.41, 5.74) is -0.429. The fraction of sp³-hybridized carbons (Fsp3) is 0.364. The van der Waals surface area contributed by atoms with Crippen LogP contribution in [0.15, 0.2) is 18.2 Å². The molecule has 1 aromatic carbocycles. The van der Waals surface area contributed by atoms with E-state index in [1.165, 1.54) is 12.1 Å². The Bertz CT molecular complexity index is 629. The van der Waals surface area contributed by atoms with E-state index in [2.05, 4.69) is 9.95 Å². The monoisotopic (exact) mass is 282 g/mol. The highest BCUT2D eigenvalue weighted by atomic mass is 32.2. The maximum Gasteiger partial charge on any atom is 0.229 e. The molecular weight excluding hydrogens is 270 g/mol. The van der Waals surface area contributed by atoms with Crippen molar-refractivity contribution in [2.75, 3.05) is 11.0 Å². The molecule has 0 saturated heterocycles. The second-order valence-corrected chi connectivity index (χ2v) is 6.37. The number of benzene rings is 1. The van der Waals surface area contributed by atoms with Crippen molar-refractivity contribution in [2.45, 2.75) is 18.3 Å². The molecule has 2 rings (SSSR count). The molecule has 5 nitrogen and oxygen atoms in total. The third-order valence-corrected chi connectivity index (χ3v) is 3.72. The summed E-state index contributed by atoms with van der Waals surface area (Å²) in [6, 6.07) is 3.99. The predicted octanol–water partition coefficient (Wildman–Crippen LogP) is 0.428. The van der Waals surface area contributed by atoms with Crippen LogP contribution in [0.4, 0.5) is 10.1 Å². The van der Waals surface area contributed by atoms with Gasteiger partial charge in [-0.3, -0.25) is 9.52 Å². The van der Waals surface area contributed by atoms with E-state index in [4.69, 9.17) is 7.98 Å². The van der Waals surface area contributed by atoms with Crippen LogP contribution < -0.4 is 9.95 Å². The van der Waals surface area contributed by atoms with Gasteiger partial charge in [0.1, 0.15) is 5.82 Å². The Morgan fingerprint density at radius 1 is 1.42 bits per heavy atom. The van der Waals surface area contributed by atoms with Crippen molar-refractivity contribution >= 4 is 29.6 Å². The first-order valence-corrected chi connectivity index (χ1v) is 7.46. The van der Waals surface area contributed by atoms with E-state index in [-0.39, 0.29) is 11.6 Å². The topological polar surface area (TPSA) is 75.3 Å². The standard InChI is InChI=1S/C11H12BFN2O3S/c1-19(17,18)15-9-3-2-7(6-8(9)13)11(4-5-11)10(16)14-12/h2-3,6,15H,4-5H2,1H3,(H,14,16). The summed E-state index contributed by atoms with van der Waals surface area (Å²) < 4.78 is 38.0. The fourth-order valence-corrected chi connectivity index (χ4v) is 2.57. The minimum absolute atomic E-state index is 0.143. The van der Waals surface area contributed by atoms with Crippen molar-refractivity contribution < 1.29 is 17.6 Å². The number of halogens is 1. The van der Waals surface area contributed by atoms with Gasteiger partial charge in [-0.25, -0.2) is 12.8 Å². The number of sulfonamides is 1. The van der Waals surface area contributed by atoms with Crippen LogP contribution in [0.1, 0.15) is 18.4 Å².